The van der Waals surface area contributed by atoms with Gasteiger partial charge in [0.15, 0.2) is 18.1 Å². The topological polar surface area (TPSA) is 61.8 Å². The van der Waals surface area contributed by atoms with Gasteiger partial charge in [0.2, 0.25) is 11.9 Å². The van der Waals surface area contributed by atoms with E-state index in [9.17, 15) is 9.59 Å². The van der Waals surface area contributed by atoms with Gasteiger partial charge in [0, 0.05) is 5.56 Å². The highest BCUT2D eigenvalue weighted by atomic mass is 16.6. The van der Waals surface area contributed by atoms with E-state index in [-0.39, 0.29) is 19.0 Å². The molecular weight excluding hydrogens is 332 g/mol. The molecular formula is C21H22O5. The number of ketones is 1. The maximum Gasteiger partial charge on any atom is 0.351 e. The summed E-state index contributed by atoms with van der Waals surface area (Å²) in [4.78, 5) is 24.8. The summed E-state index contributed by atoms with van der Waals surface area (Å²) in [6, 6.07) is 9.10. The van der Waals surface area contributed by atoms with Gasteiger partial charge in [0.1, 0.15) is 6.61 Å². The van der Waals surface area contributed by atoms with Gasteiger partial charge in [0.25, 0.3) is 0 Å². The van der Waals surface area contributed by atoms with Crippen LogP contribution in [0.25, 0.3) is 0 Å². The Labute approximate surface area is 152 Å². The van der Waals surface area contributed by atoms with E-state index in [0.717, 1.165) is 22.3 Å². The largest absolute Gasteiger partial charge is 0.485 e. The van der Waals surface area contributed by atoms with Crippen molar-refractivity contribution in [3.8, 4) is 11.5 Å². The molecule has 5 nitrogen and oxygen atoms in total. The van der Waals surface area contributed by atoms with E-state index < -0.39 is 12.1 Å². The third-order valence-electron chi connectivity index (χ3n) is 4.75. The molecule has 136 valence electrons. The number of carbonyl (C=O) groups is 2. The summed E-state index contributed by atoms with van der Waals surface area (Å²) in [5, 5.41) is 0. The van der Waals surface area contributed by atoms with Gasteiger partial charge in [-0.1, -0.05) is 18.2 Å². The van der Waals surface area contributed by atoms with Crippen LogP contribution in [-0.4, -0.2) is 31.1 Å². The average Bonchev–Trinajstić information content (AvgIpc) is 2.63. The highest BCUT2D eigenvalue weighted by Gasteiger charge is 2.29. The van der Waals surface area contributed by atoms with Crippen LogP contribution < -0.4 is 9.47 Å². The van der Waals surface area contributed by atoms with Gasteiger partial charge in [-0.3, -0.25) is 4.79 Å². The number of ether oxygens (including phenoxy) is 3. The number of aryl methyl sites for hydroxylation is 2. The second-order valence-electron chi connectivity index (χ2n) is 6.53. The fourth-order valence-electron chi connectivity index (χ4n) is 3.15. The number of benzene rings is 2. The van der Waals surface area contributed by atoms with E-state index in [1.807, 2.05) is 39.8 Å². The molecule has 1 atom stereocenters. The molecule has 5 heteroatoms. The molecule has 2 aromatic carbocycles. The summed E-state index contributed by atoms with van der Waals surface area (Å²) in [5.74, 6) is 0.266. The first-order valence-electron chi connectivity index (χ1n) is 8.54. The third kappa shape index (κ3) is 3.43. The maximum atomic E-state index is 12.6. The standard InChI is InChI=1S/C21H22O5/c1-12-9-13(2)20(15(4)14(12)3)16(22)10-25-21(23)19-11-24-17-7-5-6-8-18(17)26-19/h5-9,19H,10-11H2,1-4H3/t19-/m0/s1. The monoisotopic (exact) mass is 354 g/mol. The molecule has 0 aromatic heterocycles. The van der Waals surface area contributed by atoms with Crippen LogP contribution in [0.2, 0.25) is 0 Å². The Balaban J connectivity index is 1.66. The summed E-state index contributed by atoms with van der Waals surface area (Å²) in [6.07, 6.45) is -0.875. The second kappa shape index (κ2) is 7.20. The molecule has 1 aliphatic heterocycles. The van der Waals surface area contributed by atoms with E-state index in [2.05, 4.69) is 0 Å². The Morgan fingerprint density at radius 2 is 1.73 bits per heavy atom. The lowest BCUT2D eigenvalue weighted by molar-refractivity contribution is -0.153. The number of Topliss-reactive ketones (excluding diaryl/α,β-unsaturated/α-hetero) is 1. The minimum absolute atomic E-state index is 0.0612. The first kappa shape index (κ1) is 18.0. The van der Waals surface area contributed by atoms with Crippen molar-refractivity contribution in [3.05, 3.63) is 58.1 Å². The molecule has 0 saturated heterocycles. The average molecular weight is 354 g/mol. The van der Waals surface area contributed by atoms with Crippen LogP contribution in [0.1, 0.15) is 32.6 Å². The Morgan fingerprint density at radius 1 is 1.04 bits per heavy atom. The summed E-state index contributed by atoms with van der Waals surface area (Å²) in [5.41, 5.74) is 4.64. The van der Waals surface area contributed by atoms with E-state index >= 15 is 0 Å². The van der Waals surface area contributed by atoms with Crippen LogP contribution in [0, 0.1) is 27.7 Å². The molecule has 2 aromatic rings. The van der Waals surface area contributed by atoms with Gasteiger partial charge >= 0.3 is 5.97 Å². The number of carbonyl (C=O) groups excluding carboxylic acids is 2. The number of hydrogen-bond donors (Lipinski definition) is 0. The van der Waals surface area contributed by atoms with Crippen LogP contribution >= 0.6 is 0 Å². The van der Waals surface area contributed by atoms with E-state index in [4.69, 9.17) is 14.2 Å². The quantitative estimate of drug-likeness (QED) is 0.621. The molecule has 1 aliphatic rings. The van der Waals surface area contributed by atoms with Crippen LogP contribution in [0.15, 0.2) is 30.3 Å². The van der Waals surface area contributed by atoms with Crippen LogP contribution in [0.5, 0.6) is 11.5 Å². The molecule has 0 aliphatic carbocycles. The first-order valence-corrected chi connectivity index (χ1v) is 8.54. The van der Waals surface area contributed by atoms with Crippen LogP contribution in [0.4, 0.5) is 0 Å². The molecule has 0 amide bonds. The Bertz CT molecular complexity index is 869. The predicted molar refractivity (Wildman–Crippen MR) is 97.0 cm³/mol. The second-order valence-corrected chi connectivity index (χ2v) is 6.53. The molecule has 0 radical (unpaired) electrons. The normalized spacial score (nSPS) is 15.5. The fraction of sp³-hybridized carbons (Fsp3) is 0.333. The summed E-state index contributed by atoms with van der Waals surface area (Å²) in [6.45, 7) is 7.55. The van der Waals surface area contributed by atoms with E-state index in [1.54, 1.807) is 18.2 Å². The molecule has 26 heavy (non-hydrogen) atoms. The van der Waals surface area contributed by atoms with Crippen molar-refractivity contribution >= 4 is 11.8 Å². The van der Waals surface area contributed by atoms with Gasteiger partial charge in [-0.2, -0.15) is 0 Å². The third-order valence-corrected chi connectivity index (χ3v) is 4.75. The SMILES string of the molecule is Cc1cc(C)c(C(=O)COC(=O)[C@@H]2COc3ccccc3O2)c(C)c1C. The fourth-order valence-corrected chi connectivity index (χ4v) is 3.15. The molecule has 0 saturated carbocycles. The van der Waals surface area contributed by atoms with Crippen molar-refractivity contribution in [1.29, 1.82) is 0 Å². The minimum atomic E-state index is -0.875. The van der Waals surface area contributed by atoms with E-state index in [1.165, 1.54) is 0 Å². The van der Waals surface area contributed by atoms with Crippen molar-refractivity contribution in [2.75, 3.05) is 13.2 Å². The summed E-state index contributed by atoms with van der Waals surface area (Å²) < 4.78 is 16.3. The molecule has 0 bridgehead atoms. The lowest BCUT2D eigenvalue weighted by Gasteiger charge is -2.24. The van der Waals surface area contributed by atoms with Gasteiger partial charge in [-0.15, -0.1) is 0 Å². The highest BCUT2D eigenvalue weighted by Crippen LogP contribution is 2.31. The van der Waals surface area contributed by atoms with Crippen LogP contribution in [0.3, 0.4) is 0 Å². The lowest BCUT2D eigenvalue weighted by atomic mass is 9.92. The molecule has 0 spiro atoms. The minimum Gasteiger partial charge on any atom is -0.485 e. The van der Waals surface area contributed by atoms with Gasteiger partial charge in [0.05, 0.1) is 0 Å². The molecule has 0 N–H and O–H groups in total. The highest BCUT2D eigenvalue weighted by molar-refractivity contribution is 6.01. The molecule has 0 unspecified atom stereocenters. The Kier molecular flexibility index (Phi) is 4.98. The number of hydrogen-bond acceptors (Lipinski definition) is 5. The van der Waals surface area contributed by atoms with Gasteiger partial charge < -0.3 is 14.2 Å². The van der Waals surface area contributed by atoms with Crippen molar-refractivity contribution in [3.63, 3.8) is 0 Å². The van der Waals surface area contributed by atoms with Gasteiger partial charge in [-0.25, -0.2) is 4.79 Å². The number of para-hydroxylation sites is 2. The zero-order valence-corrected chi connectivity index (χ0v) is 15.4. The van der Waals surface area contributed by atoms with Crippen molar-refractivity contribution in [1.82, 2.24) is 0 Å². The number of esters is 1. The van der Waals surface area contributed by atoms with Gasteiger partial charge in [-0.05, 0) is 62.1 Å². The molecule has 3 rings (SSSR count). The van der Waals surface area contributed by atoms with Crippen molar-refractivity contribution < 1.29 is 23.8 Å². The summed E-state index contributed by atoms with van der Waals surface area (Å²) >= 11 is 0. The number of fused-ring (bicyclic) bond motifs is 1. The maximum absolute atomic E-state index is 12.6. The Hall–Kier alpha value is -2.82. The zero-order valence-electron chi connectivity index (χ0n) is 15.4. The zero-order chi connectivity index (χ0) is 18.8. The predicted octanol–water partition coefficient (Wildman–Crippen LogP) is 3.49. The lowest BCUT2D eigenvalue weighted by Crippen LogP contribution is -2.38. The number of rotatable bonds is 4. The van der Waals surface area contributed by atoms with Crippen LogP contribution in [-0.2, 0) is 9.53 Å². The first-order chi connectivity index (χ1) is 12.4. The smallest absolute Gasteiger partial charge is 0.351 e. The Morgan fingerprint density at radius 3 is 2.46 bits per heavy atom. The van der Waals surface area contributed by atoms with Crippen molar-refractivity contribution in [2.45, 2.75) is 33.8 Å². The van der Waals surface area contributed by atoms with E-state index in [0.29, 0.717) is 17.1 Å². The summed E-state index contributed by atoms with van der Waals surface area (Å²) in [7, 11) is 0. The molecule has 0 fully saturated rings. The van der Waals surface area contributed by atoms with Crippen molar-refractivity contribution in [2.24, 2.45) is 0 Å². The molecule has 1 heterocycles.